The van der Waals surface area contributed by atoms with Crippen molar-refractivity contribution in [3.8, 4) is 0 Å². The van der Waals surface area contributed by atoms with E-state index < -0.39 is 12.6 Å². The third kappa shape index (κ3) is 3.09. The van der Waals surface area contributed by atoms with Crippen molar-refractivity contribution >= 4 is 23.3 Å². The Balaban J connectivity index is 2.69. The van der Waals surface area contributed by atoms with Crippen LogP contribution in [0.4, 0.5) is 10.1 Å². The predicted octanol–water partition coefficient (Wildman–Crippen LogP) is 2.44. The van der Waals surface area contributed by atoms with Gasteiger partial charge < -0.3 is 10.5 Å². The van der Waals surface area contributed by atoms with Gasteiger partial charge in [-0.15, -0.1) is 0 Å². The van der Waals surface area contributed by atoms with Crippen LogP contribution in [0.15, 0.2) is 18.2 Å². The van der Waals surface area contributed by atoms with E-state index in [1.807, 2.05) is 0 Å². The molecule has 0 bridgehead atoms. The third-order valence-corrected chi connectivity index (χ3v) is 2.18. The topological polar surface area (TPSA) is 52.3 Å². The number of carbonyl (C=O) groups is 1. The Hall–Kier alpha value is -1.29. The highest BCUT2D eigenvalue weighted by molar-refractivity contribution is 6.36. The van der Waals surface area contributed by atoms with E-state index in [1.54, 1.807) is 12.1 Å². The molecule has 1 aromatic rings. The van der Waals surface area contributed by atoms with Gasteiger partial charge in [0, 0.05) is 6.42 Å². The molecule has 0 saturated heterocycles. The van der Waals surface area contributed by atoms with Crippen LogP contribution in [-0.2, 0) is 4.74 Å². The van der Waals surface area contributed by atoms with E-state index in [0.29, 0.717) is 5.69 Å². The van der Waals surface area contributed by atoms with E-state index >= 15 is 0 Å². The second-order valence-electron chi connectivity index (χ2n) is 2.89. The van der Waals surface area contributed by atoms with Gasteiger partial charge in [0.15, 0.2) is 0 Å². The van der Waals surface area contributed by atoms with Crippen molar-refractivity contribution in [2.75, 3.05) is 19.0 Å². The van der Waals surface area contributed by atoms with Crippen molar-refractivity contribution in [1.29, 1.82) is 0 Å². The molecule has 0 unspecified atom stereocenters. The molecule has 15 heavy (non-hydrogen) atoms. The fourth-order valence-electron chi connectivity index (χ4n) is 1.00. The van der Waals surface area contributed by atoms with Crippen LogP contribution in [0.5, 0.6) is 0 Å². The lowest BCUT2D eigenvalue weighted by Gasteiger charge is -2.06. The average Bonchev–Trinajstić information content (AvgIpc) is 2.22. The zero-order valence-electron chi connectivity index (χ0n) is 8.00. The van der Waals surface area contributed by atoms with Crippen LogP contribution in [0.25, 0.3) is 0 Å². The highest BCUT2D eigenvalue weighted by Gasteiger charge is 2.12. The van der Waals surface area contributed by atoms with Crippen LogP contribution >= 0.6 is 11.6 Å². The Morgan fingerprint density at radius 3 is 2.93 bits per heavy atom. The molecule has 0 saturated carbocycles. The highest BCUT2D eigenvalue weighted by atomic mass is 35.5. The maximum atomic E-state index is 11.8. The van der Waals surface area contributed by atoms with Gasteiger partial charge in [0.25, 0.3) is 0 Å². The van der Waals surface area contributed by atoms with Crippen LogP contribution in [0.2, 0.25) is 5.02 Å². The number of rotatable bonds is 4. The van der Waals surface area contributed by atoms with Gasteiger partial charge in [-0.2, -0.15) is 0 Å². The minimum Gasteiger partial charge on any atom is -0.462 e. The second kappa shape index (κ2) is 5.56. The first kappa shape index (κ1) is 11.8. The largest absolute Gasteiger partial charge is 0.462 e. The molecule has 5 heteroatoms. The Bertz CT molecular complexity index is 357. The monoisotopic (exact) mass is 231 g/mol. The number of nitrogen functional groups attached to an aromatic ring is 1. The molecule has 0 aliphatic heterocycles. The summed E-state index contributed by atoms with van der Waals surface area (Å²) in [5, 5.41) is 0.169. The number of esters is 1. The lowest BCUT2D eigenvalue weighted by molar-refractivity contribution is 0.0494. The summed E-state index contributed by atoms with van der Waals surface area (Å²) in [4.78, 5) is 11.4. The summed E-state index contributed by atoms with van der Waals surface area (Å²) < 4.78 is 16.5. The molecule has 0 amide bonds. The normalized spacial score (nSPS) is 10.0. The van der Waals surface area contributed by atoms with Gasteiger partial charge in [-0.1, -0.05) is 17.7 Å². The number of carbonyl (C=O) groups excluding carboxylic acids is 1. The minimum absolute atomic E-state index is 0.0421. The van der Waals surface area contributed by atoms with Gasteiger partial charge in [0.1, 0.15) is 0 Å². The van der Waals surface area contributed by atoms with Crippen molar-refractivity contribution in [3.63, 3.8) is 0 Å². The van der Waals surface area contributed by atoms with Gasteiger partial charge in [0.05, 0.1) is 29.6 Å². The zero-order valence-corrected chi connectivity index (χ0v) is 8.76. The van der Waals surface area contributed by atoms with Crippen molar-refractivity contribution in [1.82, 2.24) is 0 Å². The van der Waals surface area contributed by atoms with Crippen LogP contribution in [-0.4, -0.2) is 19.3 Å². The molecule has 0 spiro atoms. The smallest absolute Gasteiger partial charge is 0.339 e. The predicted molar refractivity (Wildman–Crippen MR) is 56.7 cm³/mol. The van der Waals surface area contributed by atoms with Crippen molar-refractivity contribution < 1.29 is 13.9 Å². The second-order valence-corrected chi connectivity index (χ2v) is 3.27. The first-order valence-electron chi connectivity index (χ1n) is 4.44. The molecule has 0 aliphatic rings. The summed E-state index contributed by atoms with van der Waals surface area (Å²) in [6.45, 7) is -0.474. The van der Waals surface area contributed by atoms with Gasteiger partial charge >= 0.3 is 5.97 Å². The summed E-state index contributed by atoms with van der Waals surface area (Å²) in [6.07, 6.45) is 0.186. The van der Waals surface area contributed by atoms with E-state index in [1.165, 1.54) is 6.07 Å². The first-order chi connectivity index (χ1) is 7.16. The van der Waals surface area contributed by atoms with E-state index in [0.717, 1.165) is 0 Å². The summed E-state index contributed by atoms with van der Waals surface area (Å²) >= 11 is 5.80. The molecule has 1 aromatic carbocycles. The Morgan fingerprint density at radius 1 is 1.53 bits per heavy atom. The number of nitrogens with two attached hydrogens (primary N) is 1. The number of benzene rings is 1. The molecule has 1 rings (SSSR count). The fourth-order valence-corrected chi connectivity index (χ4v) is 1.21. The van der Waals surface area contributed by atoms with Crippen molar-refractivity contribution in [3.05, 3.63) is 28.8 Å². The average molecular weight is 232 g/mol. The van der Waals surface area contributed by atoms with E-state index in [-0.39, 0.29) is 23.6 Å². The zero-order chi connectivity index (χ0) is 11.3. The molecule has 0 atom stereocenters. The number of hydrogen-bond donors (Lipinski definition) is 1. The summed E-state index contributed by atoms with van der Waals surface area (Å²) in [5.41, 5.74) is 6.03. The fraction of sp³-hybridized carbons (Fsp3) is 0.300. The van der Waals surface area contributed by atoms with Gasteiger partial charge in [0.2, 0.25) is 0 Å². The molecule has 0 aromatic heterocycles. The van der Waals surface area contributed by atoms with Gasteiger partial charge in [-0.25, -0.2) is 4.79 Å². The Labute approximate surface area is 92.0 Å². The summed E-state index contributed by atoms with van der Waals surface area (Å²) in [6, 6.07) is 4.70. The quantitative estimate of drug-likeness (QED) is 0.492. The molecule has 0 aliphatic carbocycles. The van der Waals surface area contributed by atoms with Gasteiger partial charge in [-0.05, 0) is 12.1 Å². The number of alkyl halides is 1. The Kier molecular flexibility index (Phi) is 4.37. The van der Waals surface area contributed by atoms with E-state index in [9.17, 15) is 9.18 Å². The number of ether oxygens (including phenoxy) is 1. The Morgan fingerprint density at radius 2 is 2.27 bits per heavy atom. The van der Waals surface area contributed by atoms with Crippen LogP contribution in [0.1, 0.15) is 16.8 Å². The van der Waals surface area contributed by atoms with Crippen molar-refractivity contribution in [2.45, 2.75) is 6.42 Å². The lowest BCUT2D eigenvalue weighted by atomic mass is 10.2. The third-order valence-electron chi connectivity index (χ3n) is 1.76. The summed E-state index contributed by atoms with van der Waals surface area (Å²) in [7, 11) is 0. The maximum Gasteiger partial charge on any atom is 0.339 e. The standard InChI is InChI=1S/C10H11ClFNO2/c11-9-7(3-1-4-8(9)13)10(14)15-6-2-5-12/h1,3-4H,2,5-6,13H2. The van der Waals surface area contributed by atoms with Gasteiger partial charge in [-0.3, -0.25) is 4.39 Å². The minimum atomic E-state index is -0.583. The van der Waals surface area contributed by atoms with E-state index in [4.69, 9.17) is 22.1 Å². The van der Waals surface area contributed by atoms with Crippen LogP contribution in [0, 0.1) is 0 Å². The number of hydrogen-bond acceptors (Lipinski definition) is 3. The first-order valence-corrected chi connectivity index (χ1v) is 4.81. The lowest BCUT2D eigenvalue weighted by Crippen LogP contribution is -2.08. The summed E-state index contributed by atoms with van der Waals surface area (Å²) in [5.74, 6) is -0.583. The number of anilines is 1. The molecule has 82 valence electrons. The van der Waals surface area contributed by atoms with Crippen molar-refractivity contribution in [2.24, 2.45) is 0 Å². The highest BCUT2D eigenvalue weighted by Crippen LogP contribution is 2.23. The molecular formula is C10H11ClFNO2. The number of halogens is 2. The van der Waals surface area contributed by atoms with E-state index in [2.05, 4.69) is 0 Å². The molecule has 0 fully saturated rings. The molecule has 0 heterocycles. The molecule has 3 nitrogen and oxygen atoms in total. The maximum absolute atomic E-state index is 11.8. The molecule has 0 radical (unpaired) electrons. The molecule has 2 N–H and O–H groups in total. The van der Waals surface area contributed by atoms with Crippen LogP contribution in [0.3, 0.4) is 0 Å². The van der Waals surface area contributed by atoms with Crippen LogP contribution < -0.4 is 5.73 Å². The molecular weight excluding hydrogens is 221 g/mol. The SMILES string of the molecule is Nc1cccc(C(=O)OCCCF)c1Cl.